The van der Waals surface area contributed by atoms with E-state index in [9.17, 15) is 8.42 Å². The lowest BCUT2D eigenvalue weighted by atomic mass is 10.0. The molecule has 1 aliphatic heterocycles. The van der Waals surface area contributed by atoms with Crippen molar-refractivity contribution in [2.24, 2.45) is 5.92 Å². The summed E-state index contributed by atoms with van der Waals surface area (Å²) in [6.07, 6.45) is 6.33. The van der Waals surface area contributed by atoms with Gasteiger partial charge in [0.25, 0.3) is 0 Å². The van der Waals surface area contributed by atoms with Gasteiger partial charge in [0.15, 0.2) is 0 Å². The molecule has 0 radical (unpaired) electrons. The van der Waals surface area contributed by atoms with Crippen LogP contribution in [-0.4, -0.2) is 57.0 Å². The van der Waals surface area contributed by atoms with Gasteiger partial charge in [-0.05, 0) is 81.8 Å². The van der Waals surface area contributed by atoms with Crippen molar-refractivity contribution in [2.45, 2.75) is 49.5 Å². The maximum absolute atomic E-state index is 13.5. The van der Waals surface area contributed by atoms with E-state index >= 15 is 0 Å². The predicted molar refractivity (Wildman–Crippen MR) is 124 cm³/mol. The van der Waals surface area contributed by atoms with Crippen molar-refractivity contribution in [3.8, 4) is 5.75 Å². The lowest BCUT2D eigenvalue weighted by Gasteiger charge is -2.38. The molecule has 2 aromatic carbocycles. The van der Waals surface area contributed by atoms with Crippen LogP contribution in [0.4, 0.5) is 0 Å². The first-order valence-electron chi connectivity index (χ1n) is 11.5. The molecule has 1 aliphatic carbocycles. The summed E-state index contributed by atoms with van der Waals surface area (Å²) in [5.41, 5.74) is 1.39. The summed E-state index contributed by atoms with van der Waals surface area (Å²) in [7, 11) is -1.95. The fourth-order valence-corrected chi connectivity index (χ4v) is 6.27. The molecule has 0 amide bonds. The Labute approximate surface area is 187 Å². The monoisotopic (exact) mass is 442 g/mol. The van der Waals surface area contributed by atoms with Crippen LogP contribution in [0.3, 0.4) is 0 Å². The van der Waals surface area contributed by atoms with E-state index in [1.807, 2.05) is 0 Å². The van der Waals surface area contributed by atoms with Gasteiger partial charge >= 0.3 is 0 Å². The van der Waals surface area contributed by atoms with Crippen molar-refractivity contribution in [1.82, 2.24) is 9.21 Å². The molecule has 0 spiro atoms. The van der Waals surface area contributed by atoms with Crippen LogP contribution in [0.15, 0.2) is 59.5 Å². The van der Waals surface area contributed by atoms with Crippen molar-refractivity contribution in [2.75, 3.05) is 33.3 Å². The first-order valence-corrected chi connectivity index (χ1v) is 12.9. The van der Waals surface area contributed by atoms with Crippen LogP contribution in [0.1, 0.15) is 37.7 Å². The van der Waals surface area contributed by atoms with Crippen molar-refractivity contribution < 1.29 is 13.2 Å². The largest absolute Gasteiger partial charge is 0.497 e. The summed E-state index contributed by atoms with van der Waals surface area (Å²) in [5.74, 6) is 1.10. The average Bonchev–Trinajstić information content (AvgIpc) is 3.63. The van der Waals surface area contributed by atoms with Gasteiger partial charge in [0.2, 0.25) is 10.0 Å². The number of aryl methyl sites for hydroxylation is 1. The van der Waals surface area contributed by atoms with E-state index in [2.05, 4.69) is 35.2 Å². The molecular weight excluding hydrogens is 408 g/mol. The summed E-state index contributed by atoms with van der Waals surface area (Å²) in [6.45, 7) is 3.66. The van der Waals surface area contributed by atoms with Gasteiger partial charge in [-0.3, -0.25) is 0 Å². The van der Waals surface area contributed by atoms with E-state index in [1.54, 1.807) is 35.7 Å². The number of ether oxygens (including phenoxy) is 1. The topological polar surface area (TPSA) is 49.9 Å². The normalized spacial score (nSPS) is 18.4. The van der Waals surface area contributed by atoms with Crippen LogP contribution in [0, 0.1) is 5.92 Å². The van der Waals surface area contributed by atoms with Gasteiger partial charge in [0, 0.05) is 18.7 Å². The highest BCUT2D eigenvalue weighted by Crippen LogP contribution is 2.35. The van der Waals surface area contributed by atoms with Gasteiger partial charge in [-0.25, -0.2) is 8.42 Å². The molecule has 168 valence electrons. The average molecular weight is 443 g/mol. The number of likely N-dealkylation sites (tertiary alicyclic amines) is 1. The molecule has 5 nitrogen and oxygen atoms in total. The number of piperidine rings is 1. The van der Waals surface area contributed by atoms with Gasteiger partial charge < -0.3 is 9.64 Å². The SMILES string of the molecule is COc1cccc(S(=O)(=O)N(CC2CC2)C2CCN(CCCc3ccccc3)CC2)c1. The summed E-state index contributed by atoms with van der Waals surface area (Å²) < 4.78 is 34.1. The van der Waals surface area contributed by atoms with Crippen LogP contribution in [0.5, 0.6) is 5.75 Å². The fourth-order valence-electron chi connectivity index (χ4n) is 4.48. The fraction of sp³-hybridized carbons (Fsp3) is 0.520. The Hall–Kier alpha value is -1.89. The van der Waals surface area contributed by atoms with Gasteiger partial charge in [-0.2, -0.15) is 4.31 Å². The number of methoxy groups -OCH3 is 1. The molecule has 4 rings (SSSR count). The third-order valence-electron chi connectivity index (χ3n) is 6.53. The first-order chi connectivity index (χ1) is 15.1. The molecule has 2 aromatic rings. The summed E-state index contributed by atoms with van der Waals surface area (Å²) in [4.78, 5) is 2.84. The highest BCUT2D eigenvalue weighted by Gasteiger charge is 2.37. The second kappa shape index (κ2) is 10.2. The second-order valence-corrected chi connectivity index (χ2v) is 10.7. The Morgan fingerprint density at radius 1 is 1.00 bits per heavy atom. The van der Waals surface area contributed by atoms with Crippen molar-refractivity contribution in [3.63, 3.8) is 0 Å². The zero-order valence-electron chi connectivity index (χ0n) is 18.4. The molecule has 6 heteroatoms. The van der Waals surface area contributed by atoms with Crippen molar-refractivity contribution in [3.05, 3.63) is 60.2 Å². The van der Waals surface area contributed by atoms with Crippen LogP contribution in [0.2, 0.25) is 0 Å². The minimum atomic E-state index is -3.52. The maximum atomic E-state index is 13.5. The van der Waals surface area contributed by atoms with Gasteiger partial charge in [0.05, 0.1) is 12.0 Å². The quantitative estimate of drug-likeness (QED) is 0.554. The van der Waals surface area contributed by atoms with Gasteiger partial charge in [-0.15, -0.1) is 0 Å². The highest BCUT2D eigenvalue weighted by molar-refractivity contribution is 7.89. The first kappa shape index (κ1) is 22.3. The standard InChI is InChI=1S/C25H34N2O3S/c1-30-24-10-5-11-25(19-24)31(28,29)27(20-22-12-13-22)23-14-17-26(18-15-23)16-6-9-21-7-3-2-4-8-21/h2-5,7-8,10-11,19,22-23H,6,9,12-18,20H2,1H3. The number of hydrogen-bond acceptors (Lipinski definition) is 4. The Balaban J connectivity index is 1.36. The lowest BCUT2D eigenvalue weighted by Crippen LogP contribution is -2.48. The van der Waals surface area contributed by atoms with Crippen LogP contribution >= 0.6 is 0 Å². The minimum Gasteiger partial charge on any atom is -0.497 e. The molecule has 0 bridgehead atoms. The van der Waals surface area contributed by atoms with E-state index in [1.165, 1.54) is 5.56 Å². The van der Waals surface area contributed by atoms with E-state index in [0.29, 0.717) is 23.1 Å². The zero-order chi connectivity index (χ0) is 21.7. The minimum absolute atomic E-state index is 0.0853. The number of benzene rings is 2. The predicted octanol–water partition coefficient (Wildman–Crippen LogP) is 4.19. The molecular formula is C25H34N2O3S. The third kappa shape index (κ3) is 5.88. The summed E-state index contributed by atoms with van der Waals surface area (Å²) in [6, 6.07) is 17.6. The smallest absolute Gasteiger partial charge is 0.243 e. The zero-order valence-corrected chi connectivity index (χ0v) is 19.3. The summed E-state index contributed by atoms with van der Waals surface area (Å²) >= 11 is 0. The second-order valence-electron chi connectivity index (χ2n) is 8.86. The molecule has 1 saturated carbocycles. The van der Waals surface area contributed by atoms with Gasteiger partial charge in [-0.1, -0.05) is 36.4 Å². The van der Waals surface area contributed by atoms with Crippen molar-refractivity contribution >= 4 is 10.0 Å². The number of hydrogen-bond donors (Lipinski definition) is 0. The van der Waals surface area contributed by atoms with Crippen LogP contribution in [-0.2, 0) is 16.4 Å². The van der Waals surface area contributed by atoms with E-state index in [-0.39, 0.29) is 6.04 Å². The maximum Gasteiger partial charge on any atom is 0.243 e. The molecule has 2 aliphatic rings. The molecule has 0 atom stereocenters. The molecule has 0 N–H and O–H groups in total. The molecule has 31 heavy (non-hydrogen) atoms. The Morgan fingerprint density at radius 2 is 1.74 bits per heavy atom. The van der Waals surface area contributed by atoms with Gasteiger partial charge in [0.1, 0.15) is 5.75 Å². The highest BCUT2D eigenvalue weighted by atomic mass is 32.2. The van der Waals surface area contributed by atoms with Crippen LogP contribution < -0.4 is 4.74 Å². The number of nitrogens with zero attached hydrogens (tertiary/aromatic N) is 2. The number of sulfonamides is 1. The molecule has 1 heterocycles. The third-order valence-corrected chi connectivity index (χ3v) is 8.44. The number of rotatable bonds is 10. The van der Waals surface area contributed by atoms with Crippen molar-refractivity contribution in [1.29, 1.82) is 0 Å². The summed E-state index contributed by atoms with van der Waals surface area (Å²) in [5, 5.41) is 0. The molecule has 0 unspecified atom stereocenters. The molecule has 0 aromatic heterocycles. The molecule has 1 saturated heterocycles. The Bertz CT molecular complexity index is 936. The molecule has 2 fully saturated rings. The van der Waals surface area contributed by atoms with E-state index in [4.69, 9.17) is 4.74 Å². The Morgan fingerprint density at radius 3 is 2.42 bits per heavy atom. The van der Waals surface area contributed by atoms with E-state index < -0.39 is 10.0 Å². The Kier molecular flexibility index (Phi) is 7.31. The van der Waals surface area contributed by atoms with Crippen LogP contribution in [0.25, 0.3) is 0 Å². The van der Waals surface area contributed by atoms with E-state index in [0.717, 1.165) is 58.2 Å². The lowest BCUT2D eigenvalue weighted by molar-refractivity contribution is 0.155.